The topological polar surface area (TPSA) is 65.3 Å². The molecule has 0 saturated carbocycles. The van der Waals surface area contributed by atoms with E-state index in [-0.39, 0.29) is 11.2 Å². The van der Waals surface area contributed by atoms with Gasteiger partial charge in [-0.1, -0.05) is 12.1 Å². The van der Waals surface area contributed by atoms with Crippen molar-refractivity contribution in [2.75, 3.05) is 12.4 Å². The Bertz CT molecular complexity index is 731. The van der Waals surface area contributed by atoms with Gasteiger partial charge >= 0.3 is 5.69 Å². The molecule has 0 aliphatic carbocycles. The molecule has 2 aromatic rings. The van der Waals surface area contributed by atoms with Gasteiger partial charge in [0.15, 0.2) is 0 Å². The third-order valence-corrected chi connectivity index (χ3v) is 3.19. The van der Waals surface area contributed by atoms with Crippen molar-refractivity contribution < 1.29 is 4.74 Å². The van der Waals surface area contributed by atoms with E-state index in [0.717, 1.165) is 10.3 Å². The number of aromatic nitrogens is 2. The van der Waals surface area contributed by atoms with Gasteiger partial charge in [0.25, 0.3) is 5.56 Å². The second-order valence-electron chi connectivity index (χ2n) is 4.43. The maximum atomic E-state index is 11.8. The highest BCUT2D eigenvalue weighted by atomic mass is 16.5. The SMILES string of the molecule is COc1ccccc1NCc1cc(=O)n(C)c(=O)n1C. The highest BCUT2D eigenvalue weighted by Crippen LogP contribution is 2.23. The molecule has 1 N–H and O–H groups in total. The van der Waals surface area contributed by atoms with E-state index in [1.54, 1.807) is 14.2 Å². The Morgan fingerprint density at radius 1 is 1.15 bits per heavy atom. The summed E-state index contributed by atoms with van der Waals surface area (Å²) < 4.78 is 7.76. The number of benzene rings is 1. The lowest BCUT2D eigenvalue weighted by atomic mass is 10.3. The van der Waals surface area contributed by atoms with Gasteiger partial charge in [-0.2, -0.15) is 0 Å². The predicted molar refractivity (Wildman–Crippen MR) is 77.2 cm³/mol. The largest absolute Gasteiger partial charge is 0.495 e. The minimum absolute atomic E-state index is 0.315. The normalized spacial score (nSPS) is 10.3. The van der Waals surface area contributed by atoms with Gasteiger partial charge in [0.2, 0.25) is 0 Å². The molecule has 0 atom stereocenters. The van der Waals surface area contributed by atoms with Crippen LogP contribution in [0.3, 0.4) is 0 Å². The van der Waals surface area contributed by atoms with Crippen LogP contribution >= 0.6 is 0 Å². The summed E-state index contributed by atoms with van der Waals surface area (Å²) in [5.41, 5.74) is 0.770. The van der Waals surface area contributed by atoms with Crippen LogP contribution in [0.1, 0.15) is 5.69 Å². The number of hydrogen-bond donors (Lipinski definition) is 1. The number of rotatable bonds is 4. The summed E-state index contributed by atoms with van der Waals surface area (Å²) in [6.07, 6.45) is 0. The van der Waals surface area contributed by atoms with Crippen molar-refractivity contribution >= 4 is 5.69 Å². The number of para-hydroxylation sites is 2. The zero-order valence-corrected chi connectivity index (χ0v) is 11.7. The third kappa shape index (κ3) is 2.59. The zero-order chi connectivity index (χ0) is 14.7. The van der Waals surface area contributed by atoms with Crippen LogP contribution in [0.5, 0.6) is 5.75 Å². The summed E-state index contributed by atoms with van der Waals surface area (Å²) in [7, 11) is 4.69. The Hall–Kier alpha value is -2.50. The maximum absolute atomic E-state index is 11.8. The number of hydrogen-bond acceptors (Lipinski definition) is 4. The Morgan fingerprint density at radius 2 is 1.85 bits per heavy atom. The minimum Gasteiger partial charge on any atom is -0.495 e. The molecule has 0 radical (unpaired) electrons. The van der Waals surface area contributed by atoms with Crippen molar-refractivity contribution in [2.24, 2.45) is 14.1 Å². The Balaban J connectivity index is 2.28. The van der Waals surface area contributed by atoms with Crippen molar-refractivity contribution in [1.82, 2.24) is 9.13 Å². The summed E-state index contributed by atoms with van der Waals surface area (Å²) in [5, 5.41) is 3.16. The van der Waals surface area contributed by atoms with E-state index < -0.39 is 0 Å². The lowest BCUT2D eigenvalue weighted by molar-refractivity contribution is 0.416. The molecule has 1 aromatic heterocycles. The first kappa shape index (κ1) is 13.9. The average molecular weight is 275 g/mol. The molecular weight excluding hydrogens is 258 g/mol. The van der Waals surface area contributed by atoms with Crippen LogP contribution in [0.4, 0.5) is 5.69 Å². The molecule has 20 heavy (non-hydrogen) atoms. The van der Waals surface area contributed by atoms with Crippen LogP contribution in [0, 0.1) is 0 Å². The summed E-state index contributed by atoms with van der Waals surface area (Å²) in [4.78, 5) is 23.5. The molecule has 0 spiro atoms. The molecular formula is C14H17N3O3. The zero-order valence-electron chi connectivity index (χ0n) is 11.7. The second kappa shape index (κ2) is 5.64. The molecule has 0 amide bonds. The first-order chi connectivity index (χ1) is 9.54. The van der Waals surface area contributed by atoms with Crippen LogP contribution in [-0.4, -0.2) is 16.2 Å². The van der Waals surface area contributed by atoms with Gasteiger partial charge in [0.05, 0.1) is 19.3 Å². The summed E-state index contributed by atoms with van der Waals surface area (Å²) in [6.45, 7) is 0.363. The van der Waals surface area contributed by atoms with Crippen LogP contribution in [0.2, 0.25) is 0 Å². The van der Waals surface area contributed by atoms with Crippen molar-refractivity contribution in [2.45, 2.75) is 6.54 Å². The second-order valence-corrected chi connectivity index (χ2v) is 4.43. The van der Waals surface area contributed by atoms with Gasteiger partial charge in [-0.3, -0.25) is 13.9 Å². The molecule has 0 fully saturated rings. The van der Waals surface area contributed by atoms with Gasteiger partial charge in [-0.25, -0.2) is 4.79 Å². The number of ether oxygens (including phenoxy) is 1. The van der Waals surface area contributed by atoms with Crippen molar-refractivity contribution in [3.8, 4) is 5.75 Å². The van der Waals surface area contributed by atoms with Crippen molar-refractivity contribution in [1.29, 1.82) is 0 Å². The summed E-state index contributed by atoms with van der Waals surface area (Å²) in [5.74, 6) is 0.710. The molecule has 1 heterocycles. The number of methoxy groups -OCH3 is 1. The number of anilines is 1. The fourth-order valence-corrected chi connectivity index (χ4v) is 1.92. The Labute approximate surface area is 116 Å². The average Bonchev–Trinajstić information content (AvgIpc) is 2.47. The van der Waals surface area contributed by atoms with Crippen LogP contribution in [0.25, 0.3) is 0 Å². The van der Waals surface area contributed by atoms with Gasteiger partial charge in [-0.05, 0) is 12.1 Å². The lowest BCUT2D eigenvalue weighted by Gasteiger charge is -2.13. The minimum atomic E-state index is -0.339. The van der Waals surface area contributed by atoms with Gasteiger partial charge in [0, 0.05) is 25.9 Å². The van der Waals surface area contributed by atoms with Crippen LogP contribution in [-0.2, 0) is 20.6 Å². The molecule has 106 valence electrons. The first-order valence-corrected chi connectivity index (χ1v) is 6.17. The Kier molecular flexibility index (Phi) is 3.93. The van der Waals surface area contributed by atoms with Gasteiger partial charge < -0.3 is 10.1 Å². The highest BCUT2D eigenvalue weighted by Gasteiger charge is 2.07. The van der Waals surface area contributed by atoms with E-state index >= 15 is 0 Å². The fourth-order valence-electron chi connectivity index (χ4n) is 1.92. The number of nitrogens with one attached hydrogen (secondary N) is 1. The molecule has 6 nitrogen and oxygen atoms in total. The molecule has 2 rings (SSSR count). The Morgan fingerprint density at radius 3 is 2.55 bits per heavy atom. The monoisotopic (exact) mass is 275 g/mol. The van der Waals surface area contributed by atoms with Gasteiger partial charge in [0.1, 0.15) is 5.75 Å². The van der Waals surface area contributed by atoms with E-state index in [2.05, 4.69) is 5.32 Å². The van der Waals surface area contributed by atoms with E-state index in [4.69, 9.17) is 4.74 Å². The maximum Gasteiger partial charge on any atom is 0.330 e. The molecule has 0 aliphatic heterocycles. The third-order valence-electron chi connectivity index (χ3n) is 3.19. The van der Waals surface area contributed by atoms with Crippen LogP contribution in [0.15, 0.2) is 39.9 Å². The summed E-state index contributed by atoms with van der Waals surface area (Å²) >= 11 is 0. The van der Waals surface area contributed by atoms with E-state index in [9.17, 15) is 9.59 Å². The van der Waals surface area contributed by atoms with Crippen molar-refractivity contribution in [3.05, 3.63) is 56.9 Å². The van der Waals surface area contributed by atoms with E-state index in [0.29, 0.717) is 18.0 Å². The molecule has 1 aromatic carbocycles. The highest BCUT2D eigenvalue weighted by molar-refractivity contribution is 5.56. The first-order valence-electron chi connectivity index (χ1n) is 6.17. The molecule has 0 bridgehead atoms. The lowest BCUT2D eigenvalue weighted by Crippen LogP contribution is -2.38. The molecule has 0 aliphatic rings. The van der Waals surface area contributed by atoms with E-state index in [1.807, 2.05) is 24.3 Å². The van der Waals surface area contributed by atoms with E-state index in [1.165, 1.54) is 17.7 Å². The number of nitrogens with zero attached hydrogens (tertiary/aromatic N) is 2. The smallest absolute Gasteiger partial charge is 0.330 e. The van der Waals surface area contributed by atoms with Crippen molar-refractivity contribution in [3.63, 3.8) is 0 Å². The molecule has 0 saturated heterocycles. The molecule has 0 unspecified atom stereocenters. The standard InChI is InChI=1S/C14H17N3O3/c1-16-10(8-13(18)17(2)14(16)19)9-15-11-6-4-5-7-12(11)20-3/h4-8,15H,9H2,1-3H3. The molecule has 6 heteroatoms. The van der Waals surface area contributed by atoms with Crippen LogP contribution < -0.4 is 21.3 Å². The quantitative estimate of drug-likeness (QED) is 0.892. The predicted octanol–water partition coefficient (Wildman–Crippen LogP) is 0.705. The van der Waals surface area contributed by atoms with Gasteiger partial charge in [-0.15, -0.1) is 0 Å². The summed E-state index contributed by atoms with van der Waals surface area (Å²) in [6, 6.07) is 8.92. The fraction of sp³-hybridized carbons (Fsp3) is 0.286.